The van der Waals surface area contributed by atoms with Gasteiger partial charge in [0.15, 0.2) is 0 Å². The summed E-state index contributed by atoms with van der Waals surface area (Å²) in [6.45, 7) is -0.495. The first-order chi connectivity index (χ1) is 10.2. The summed E-state index contributed by atoms with van der Waals surface area (Å²) in [5, 5.41) is 0.435. The molecule has 0 atom stereocenters. The molecule has 0 fully saturated rings. The van der Waals surface area contributed by atoms with Crippen molar-refractivity contribution in [1.82, 2.24) is 9.29 Å². The molecule has 0 aliphatic carbocycles. The predicted octanol–water partition coefficient (Wildman–Crippen LogP) is 0.0260. The molecule has 5 N–H and O–H groups in total. The quantitative estimate of drug-likeness (QED) is 0.717. The number of sulfonamides is 1. The van der Waals surface area contributed by atoms with E-state index in [2.05, 4.69) is 4.98 Å². The Labute approximate surface area is 131 Å². The van der Waals surface area contributed by atoms with Crippen LogP contribution in [0.15, 0.2) is 23.1 Å². The highest BCUT2D eigenvalue weighted by molar-refractivity contribution is 7.90. The number of nitrogens with one attached hydrogen (secondary N) is 1. The maximum absolute atomic E-state index is 12.6. The van der Waals surface area contributed by atoms with E-state index in [0.29, 0.717) is 9.82 Å². The van der Waals surface area contributed by atoms with Crippen LogP contribution >= 0.6 is 11.6 Å². The first-order valence-electron chi connectivity index (χ1n) is 6.03. The number of amides is 2. The zero-order valence-electron chi connectivity index (χ0n) is 11.5. The fourth-order valence-electron chi connectivity index (χ4n) is 1.98. The summed E-state index contributed by atoms with van der Waals surface area (Å²) < 4.78 is 25.7. The van der Waals surface area contributed by atoms with Crippen molar-refractivity contribution in [2.75, 3.05) is 13.6 Å². The average Bonchev–Trinajstić information content (AvgIpc) is 2.84. The van der Waals surface area contributed by atoms with E-state index in [1.165, 1.54) is 18.2 Å². The summed E-state index contributed by atoms with van der Waals surface area (Å²) >= 11 is 5.87. The Balaban J connectivity index is 2.83. The van der Waals surface area contributed by atoms with Crippen LogP contribution in [0, 0.1) is 0 Å². The van der Waals surface area contributed by atoms with Crippen molar-refractivity contribution in [3.05, 3.63) is 28.9 Å². The van der Waals surface area contributed by atoms with Gasteiger partial charge in [-0.15, -0.1) is 0 Å². The van der Waals surface area contributed by atoms with E-state index in [1.54, 1.807) is 0 Å². The molecule has 0 radical (unpaired) electrons. The van der Waals surface area contributed by atoms with E-state index >= 15 is 0 Å². The van der Waals surface area contributed by atoms with Gasteiger partial charge in [-0.3, -0.25) is 9.59 Å². The van der Waals surface area contributed by atoms with Crippen LogP contribution in [0.25, 0.3) is 10.9 Å². The number of aromatic amines is 1. The summed E-state index contributed by atoms with van der Waals surface area (Å²) in [6, 6.07) is 4.40. The molecule has 0 unspecified atom stereocenters. The second kappa shape index (κ2) is 5.59. The molecule has 1 heterocycles. The zero-order valence-corrected chi connectivity index (χ0v) is 13.0. The van der Waals surface area contributed by atoms with Gasteiger partial charge in [-0.1, -0.05) is 11.6 Å². The molecule has 118 valence electrons. The summed E-state index contributed by atoms with van der Waals surface area (Å²) in [4.78, 5) is 25.4. The lowest BCUT2D eigenvalue weighted by molar-refractivity contribution is -0.124. The van der Waals surface area contributed by atoms with Gasteiger partial charge < -0.3 is 16.5 Å². The van der Waals surface area contributed by atoms with Gasteiger partial charge in [-0.05, 0) is 18.2 Å². The number of nitrogens with zero attached hydrogens (tertiary/aromatic N) is 1. The summed E-state index contributed by atoms with van der Waals surface area (Å²) in [5.41, 5.74) is 10.4. The lowest BCUT2D eigenvalue weighted by Crippen LogP contribution is -2.38. The molecule has 2 aromatic rings. The van der Waals surface area contributed by atoms with E-state index in [9.17, 15) is 18.0 Å². The fraction of sp³-hybridized carbons (Fsp3) is 0.167. The van der Waals surface area contributed by atoms with Crippen molar-refractivity contribution in [2.45, 2.75) is 4.90 Å². The molecular weight excluding hydrogens is 332 g/mol. The third-order valence-electron chi connectivity index (χ3n) is 3.10. The molecule has 10 heteroatoms. The molecular formula is C12H13ClN4O4S. The molecule has 0 aliphatic rings. The minimum atomic E-state index is -4.31. The number of carbonyl (C=O) groups is 2. The molecule has 0 aliphatic heterocycles. The van der Waals surface area contributed by atoms with Gasteiger partial charge in [0.2, 0.25) is 5.91 Å². The van der Waals surface area contributed by atoms with Gasteiger partial charge in [0, 0.05) is 23.0 Å². The van der Waals surface area contributed by atoms with E-state index < -0.39 is 33.3 Å². The number of likely N-dealkylation sites (N-methyl/N-ethyl adjacent to an activating group) is 1. The lowest BCUT2D eigenvalue weighted by atomic mass is 10.2. The highest BCUT2D eigenvalue weighted by atomic mass is 35.5. The molecule has 0 spiro atoms. The molecule has 2 amide bonds. The van der Waals surface area contributed by atoms with E-state index in [4.69, 9.17) is 23.1 Å². The van der Waals surface area contributed by atoms with Crippen LogP contribution in [0.2, 0.25) is 5.02 Å². The highest BCUT2D eigenvalue weighted by Gasteiger charge is 2.32. The van der Waals surface area contributed by atoms with Crippen LogP contribution in [-0.2, 0) is 14.8 Å². The minimum Gasteiger partial charge on any atom is -0.364 e. The minimum absolute atomic E-state index is 0.165. The Hall–Kier alpha value is -2.10. The number of primary amides is 1. The second-order valence-corrected chi connectivity index (χ2v) is 6.80. The number of carbonyl (C=O) groups excluding carboxylic acids is 2. The third kappa shape index (κ3) is 2.54. The maximum atomic E-state index is 12.6. The zero-order chi connectivity index (χ0) is 16.7. The molecule has 0 saturated carbocycles. The predicted molar refractivity (Wildman–Crippen MR) is 80.8 cm³/mol. The van der Waals surface area contributed by atoms with Crippen molar-refractivity contribution >= 4 is 44.3 Å². The summed E-state index contributed by atoms with van der Waals surface area (Å²) in [6.07, 6.45) is 0. The molecule has 2 rings (SSSR count). The van der Waals surface area contributed by atoms with Crippen LogP contribution < -0.4 is 11.5 Å². The van der Waals surface area contributed by atoms with Gasteiger partial charge in [0.1, 0.15) is 10.6 Å². The number of fused-ring (bicyclic) bond motifs is 1. The molecule has 8 nitrogen and oxygen atoms in total. The fourth-order valence-corrected chi connectivity index (χ4v) is 3.63. The van der Waals surface area contributed by atoms with Crippen LogP contribution in [-0.4, -0.2) is 43.1 Å². The Bertz CT molecular complexity index is 875. The number of rotatable bonds is 4. The molecule has 0 saturated heterocycles. The van der Waals surface area contributed by atoms with Gasteiger partial charge in [-0.2, -0.15) is 0 Å². The van der Waals surface area contributed by atoms with Gasteiger partial charge in [0.05, 0.1) is 6.54 Å². The first-order valence-corrected chi connectivity index (χ1v) is 7.84. The van der Waals surface area contributed by atoms with Crippen LogP contribution in [0.1, 0.15) is 10.5 Å². The first kappa shape index (κ1) is 16.3. The van der Waals surface area contributed by atoms with Crippen molar-refractivity contribution in [3.63, 3.8) is 0 Å². The van der Waals surface area contributed by atoms with Crippen LogP contribution in [0.3, 0.4) is 0 Å². The molecule has 1 aromatic heterocycles. The number of H-pyrrole nitrogens is 1. The SMILES string of the molecule is CN(C(=O)CN)S(=O)(=O)c1c(C(N)=O)[nH]c2ccc(Cl)cc12. The van der Waals surface area contributed by atoms with Crippen LogP contribution in [0.5, 0.6) is 0 Å². The van der Waals surface area contributed by atoms with Crippen molar-refractivity contribution in [2.24, 2.45) is 11.5 Å². The topological polar surface area (TPSA) is 139 Å². The number of hydrogen-bond donors (Lipinski definition) is 3. The Morgan fingerprint density at radius 2 is 2.00 bits per heavy atom. The van der Waals surface area contributed by atoms with E-state index in [0.717, 1.165) is 7.05 Å². The molecule has 22 heavy (non-hydrogen) atoms. The second-order valence-electron chi connectivity index (χ2n) is 4.45. The maximum Gasteiger partial charge on any atom is 0.269 e. The summed E-state index contributed by atoms with van der Waals surface area (Å²) in [7, 11) is -3.26. The van der Waals surface area contributed by atoms with Crippen molar-refractivity contribution in [1.29, 1.82) is 0 Å². The third-order valence-corrected chi connectivity index (χ3v) is 5.20. The monoisotopic (exact) mass is 344 g/mol. The Kier molecular flexibility index (Phi) is 4.14. The molecule has 1 aromatic carbocycles. The smallest absolute Gasteiger partial charge is 0.269 e. The van der Waals surface area contributed by atoms with Gasteiger partial charge >= 0.3 is 0 Å². The largest absolute Gasteiger partial charge is 0.364 e. The van der Waals surface area contributed by atoms with Crippen molar-refractivity contribution < 1.29 is 18.0 Å². The van der Waals surface area contributed by atoms with Crippen LogP contribution in [0.4, 0.5) is 0 Å². The van der Waals surface area contributed by atoms with E-state index in [-0.39, 0.29) is 16.1 Å². The number of nitrogens with two attached hydrogens (primary N) is 2. The highest BCUT2D eigenvalue weighted by Crippen LogP contribution is 2.31. The normalized spacial score (nSPS) is 11.6. The standard InChI is InChI=1S/C12H13ClN4O4S/c1-17(9(18)5-14)22(20,21)11-7-4-6(13)2-3-8(7)16-10(11)12(15)19/h2-4,16H,5,14H2,1H3,(H2,15,19). The number of benzene rings is 1. The van der Waals surface area contributed by atoms with Crippen molar-refractivity contribution in [3.8, 4) is 0 Å². The van der Waals surface area contributed by atoms with Gasteiger partial charge in [0.25, 0.3) is 15.9 Å². The lowest BCUT2D eigenvalue weighted by Gasteiger charge is -2.16. The van der Waals surface area contributed by atoms with E-state index in [1.807, 2.05) is 0 Å². The number of hydrogen-bond acceptors (Lipinski definition) is 5. The number of halogens is 1. The van der Waals surface area contributed by atoms with Gasteiger partial charge in [-0.25, -0.2) is 12.7 Å². The molecule has 0 bridgehead atoms. The average molecular weight is 345 g/mol. The Morgan fingerprint density at radius 1 is 1.36 bits per heavy atom. The number of aromatic nitrogens is 1. The Morgan fingerprint density at radius 3 is 2.55 bits per heavy atom. The summed E-state index contributed by atoms with van der Waals surface area (Å²) in [5.74, 6) is -1.80.